The Bertz CT molecular complexity index is 2660. The van der Waals surface area contributed by atoms with Gasteiger partial charge in [-0.15, -0.1) is 0 Å². The molecule has 0 saturated carbocycles. The minimum Gasteiger partial charge on any atom is -0.479 e. The lowest BCUT2D eigenvalue weighted by Crippen LogP contribution is -2.27. The summed E-state index contributed by atoms with van der Waals surface area (Å²) in [7, 11) is 0. The molecule has 0 spiro atoms. The molecule has 0 radical (unpaired) electrons. The van der Waals surface area contributed by atoms with Gasteiger partial charge in [0.1, 0.15) is 83.7 Å². The molecule has 7 aliphatic rings. The molecule has 0 aromatic carbocycles. The molecule has 9 rings (SSSR count). The molecule has 0 aliphatic carbocycles. The minimum absolute atomic E-state index is 0. The van der Waals surface area contributed by atoms with Crippen molar-refractivity contribution in [3.8, 4) is 6.07 Å². The summed E-state index contributed by atoms with van der Waals surface area (Å²) in [6.07, 6.45) is 5.60. The number of thiocarbonyl (C=S) groups is 1. The number of ether oxygens (including phenoxy) is 1. The van der Waals surface area contributed by atoms with Crippen molar-refractivity contribution in [1.82, 2.24) is 41.2 Å². The standard InChI is InChI=1S/C9H13N.C7H9F3N2.C7H9N3.C7H13NO.3C6H10N2O.C6H10N2S.C6H10N2.3CH4/c1-7(2)9-6-8(3)4-5-10-9;1-4(2)6-11-3-5(12-6)7(8,9)10;1-5(2)7-9-4-6(3-8)10-7;1-5(2)7-8-6(3)4-9-7;4*1-4(2)6-7-3-5(9)8-6;1-5(2)6-3-4-7-8-6;;;/h4-5,7H,3,6H2,1-2H3;3-4H,1-2H3,(H,11,12);4-5H,1-2H3,(H,9,10);5-6H,4H2,1-3H3;4*4H,3H2,1-2H3,(H,7,8,9);4-5H,3H2,1-2H3;3*1H4. The Morgan fingerprint density at radius 2 is 1.05 bits per heavy atom. The lowest BCUT2D eigenvalue weighted by Gasteiger charge is -2.11. The number of nitriles is 1. The van der Waals surface area contributed by atoms with E-state index in [9.17, 15) is 27.6 Å². The number of aromatic amines is 2. The van der Waals surface area contributed by atoms with Crippen LogP contribution in [0.3, 0.4) is 0 Å². The number of hydrogen-bond donors (Lipinski definition) is 6. The summed E-state index contributed by atoms with van der Waals surface area (Å²) < 4.78 is 41.3. The van der Waals surface area contributed by atoms with Crippen LogP contribution in [0.2, 0.25) is 0 Å². The van der Waals surface area contributed by atoms with Crippen molar-refractivity contribution >= 4 is 81.8 Å². The van der Waals surface area contributed by atoms with E-state index in [0.717, 1.165) is 65.7 Å². The highest BCUT2D eigenvalue weighted by molar-refractivity contribution is 7.80. The Hall–Kier alpha value is -7.36. The number of amidine groups is 4. The summed E-state index contributed by atoms with van der Waals surface area (Å²) in [6.45, 7) is 44.9. The maximum atomic E-state index is 12.0. The first kappa shape index (κ1) is 84.8. The molecule has 3 amide bonds. The second kappa shape index (κ2) is 43.3. The average Bonchev–Trinajstić information content (AvgIpc) is 4.50. The maximum Gasteiger partial charge on any atom is 0.432 e. The fourth-order valence-electron chi connectivity index (χ4n) is 6.67. The van der Waals surface area contributed by atoms with Gasteiger partial charge in [0.15, 0.2) is 5.90 Å². The predicted molar refractivity (Wildman–Crippen MR) is 362 cm³/mol. The van der Waals surface area contributed by atoms with Gasteiger partial charge in [-0.3, -0.25) is 39.3 Å². The van der Waals surface area contributed by atoms with Crippen LogP contribution in [0.1, 0.15) is 202 Å². The zero-order valence-corrected chi connectivity index (χ0v) is 54.2. The molecule has 0 bridgehead atoms. The quantitative estimate of drug-likeness (QED) is 0.130. The molecular weight excluding hydrogens is 1150 g/mol. The number of nitrogens with one attached hydrogen (secondary N) is 6. The molecule has 1 unspecified atom stereocenters. The molecule has 1 atom stereocenters. The van der Waals surface area contributed by atoms with Gasteiger partial charge in [0, 0.05) is 78.1 Å². The van der Waals surface area contributed by atoms with Gasteiger partial charge in [-0.1, -0.05) is 166 Å². The van der Waals surface area contributed by atoms with Crippen LogP contribution in [0.25, 0.3) is 0 Å². The van der Waals surface area contributed by atoms with E-state index < -0.39 is 11.9 Å². The second-order valence-corrected chi connectivity index (χ2v) is 23.3. The number of imidazole rings is 2. The van der Waals surface area contributed by atoms with Gasteiger partial charge in [0.25, 0.3) is 0 Å². The SMILES string of the molecule is C.C.C.C=C1C=CN=C(C(C)C)C1.CC(C)C1=NCC(=O)N1.CC(C)C1=NCC(=O)N1.CC(C)C1=NCC(=O)N1.CC(C)C1=NCC(=S)N1.CC(C)C1=NN=CC1.CC(C)c1ncc(C#N)[nH]1.CC(C)c1ncc(C(F)(F)F)[nH]1.CC1COC(C(C)C)=N1. The Morgan fingerprint density at radius 1 is 0.614 bits per heavy atom. The number of carbonyl (C=O) groups excluding carboxylic acids is 3. The van der Waals surface area contributed by atoms with Crippen LogP contribution < -0.4 is 21.3 Å². The van der Waals surface area contributed by atoms with Crippen molar-refractivity contribution < 1.29 is 32.3 Å². The van der Waals surface area contributed by atoms with E-state index in [1.54, 1.807) is 20.0 Å². The van der Waals surface area contributed by atoms with Gasteiger partial charge in [-0.25, -0.2) is 15.0 Å². The molecule has 7 aliphatic heterocycles. The van der Waals surface area contributed by atoms with E-state index >= 15 is 0 Å². The first-order valence-corrected chi connectivity index (χ1v) is 29.2. The van der Waals surface area contributed by atoms with Crippen LogP contribution in [0.15, 0.2) is 77.0 Å². The number of H-pyrrole nitrogens is 2. The van der Waals surface area contributed by atoms with Gasteiger partial charge in [-0.2, -0.15) is 28.6 Å². The van der Waals surface area contributed by atoms with E-state index in [-0.39, 0.29) is 45.9 Å². The first-order chi connectivity index (χ1) is 39.6. The number of alkyl halides is 3. The number of amides is 3. The van der Waals surface area contributed by atoms with Crippen molar-refractivity contribution in [2.75, 3.05) is 32.8 Å². The van der Waals surface area contributed by atoms with Crippen molar-refractivity contribution in [3.05, 3.63) is 59.9 Å². The Labute approximate surface area is 529 Å². The van der Waals surface area contributed by atoms with E-state index in [1.807, 2.05) is 79.9 Å². The van der Waals surface area contributed by atoms with E-state index in [1.165, 1.54) is 17.0 Å². The highest BCUT2D eigenvalue weighted by atomic mass is 32.1. The van der Waals surface area contributed by atoms with E-state index in [4.69, 9.17) is 22.2 Å². The molecule has 2 aromatic rings. The van der Waals surface area contributed by atoms with Gasteiger partial charge < -0.3 is 36.0 Å². The Kier molecular flexibility index (Phi) is 41.8. The van der Waals surface area contributed by atoms with Crippen LogP contribution in [0, 0.1) is 52.8 Å². The first-order valence-electron chi connectivity index (χ1n) is 28.8. The van der Waals surface area contributed by atoms with Crippen molar-refractivity contribution in [2.45, 2.75) is 191 Å². The third-order valence-electron chi connectivity index (χ3n) is 11.7. The normalized spacial score (nSPS) is 16.5. The van der Waals surface area contributed by atoms with Crippen LogP contribution in [0.4, 0.5) is 13.2 Å². The molecular formula is C63H106F3N17O4S. The molecule has 2 aromatic heterocycles. The number of halogens is 3. The highest BCUT2D eigenvalue weighted by Crippen LogP contribution is 2.28. The Morgan fingerprint density at radius 3 is 1.25 bits per heavy atom. The number of carbonyl (C=O) groups is 3. The van der Waals surface area contributed by atoms with Gasteiger partial charge in [0.2, 0.25) is 17.7 Å². The molecule has 6 N–H and O–H groups in total. The lowest BCUT2D eigenvalue weighted by molar-refractivity contribution is -0.141. The number of aromatic nitrogens is 4. The molecule has 21 nitrogen and oxygen atoms in total. The smallest absolute Gasteiger partial charge is 0.432 e. The minimum atomic E-state index is -4.32. The number of rotatable bonds is 9. The van der Waals surface area contributed by atoms with Crippen molar-refractivity contribution in [1.29, 1.82) is 5.26 Å². The summed E-state index contributed by atoms with van der Waals surface area (Å²) in [5.41, 5.74) is 3.35. The van der Waals surface area contributed by atoms with Crippen LogP contribution in [-0.4, -0.2) is 128 Å². The average molecular weight is 1250 g/mol. The van der Waals surface area contributed by atoms with Gasteiger partial charge in [0.05, 0.1) is 25.0 Å². The maximum absolute atomic E-state index is 12.0. The summed E-state index contributed by atoms with van der Waals surface area (Å²) >= 11 is 4.89. The topological polar surface area (TPSA) is 289 Å². The number of nitrogens with zero attached hydrogens (tertiary/aromatic N) is 11. The summed E-state index contributed by atoms with van der Waals surface area (Å²) in [5.74, 6) is 9.12. The van der Waals surface area contributed by atoms with Crippen molar-refractivity contribution in [3.63, 3.8) is 0 Å². The van der Waals surface area contributed by atoms with E-state index in [2.05, 4.69) is 150 Å². The summed E-state index contributed by atoms with van der Waals surface area (Å²) in [5, 5.41) is 27.1. The molecule has 88 heavy (non-hydrogen) atoms. The number of hydrogen-bond acceptors (Lipinski definition) is 16. The zero-order valence-electron chi connectivity index (χ0n) is 53.4. The number of allylic oxidation sites excluding steroid dienone is 2. The second-order valence-electron chi connectivity index (χ2n) is 22.9. The third kappa shape index (κ3) is 34.8. The van der Waals surface area contributed by atoms with Crippen LogP contribution in [0.5, 0.6) is 0 Å². The largest absolute Gasteiger partial charge is 0.479 e. The predicted octanol–water partition coefficient (Wildman–Crippen LogP) is 12.8. The highest BCUT2D eigenvalue weighted by Gasteiger charge is 2.33. The van der Waals surface area contributed by atoms with Crippen LogP contribution >= 0.6 is 12.2 Å². The summed E-state index contributed by atoms with van der Waals surface area (Å²) in [6, 6.07) is 2.36. The molecule has 0 saturated heterocycles. The zero-order chi connectivity index (χ0) is 64.7. The molecule has 25 heteroatoms. The molecule has 0 fully saturated rings. The van der Waals surface area contributed by atoms with Crippen LogP contribution in [-0.2, 0) is 25.3 Å². The fourth-order valence-corrected chi connectivity index (χ4v) is 6.84. The van der Waals surface area contributed by atoms with E-state index in [0.29, 0.717) is 91.1 Å². The van der Waals surface area contributed by atoms with Gasteiger partial charge >= 0.3 is 6.18 Å². The molecule has 9 heterocycles. The number of aliphatic imine (C=N–C) groups is 6. The summed E-state index contributed by atoms with van der Waals surface area (Å²) in [4.78, 5) is 69.8. The van der Waals surface area contributed by atoms with Crippen molar-refractivity contribution in [2.24, 2.45) is 81.6 Å². The molecule has 494 valence electrons. The monoisotopic (exact) mass is 1250 g/mol. The lowest BCUT2D eigenvalue weighted by atomic mass is 9.99. The third-order valence-corrected chi connectivity index (χ3v) is 11.9. The fraction of sp³-hybridized carbons (Fsp3) is 0.635. The Balaban J connectivity index is -0.000000921. The van der Waals surface area contributed by atoms with Gasteiger partial charge in [-0.05, 0) is 30.4 Å².